The highest BCUT2D eigenvalue weighted by Gasteiger charge is 2.07. The SMILES string of the molecule is COc1c(Br)cc(CN)cc1SC. The van der Waals surface area contributed by atoms with Crippen LogP contribution in [0.1, 0.15) is 5.56 Å². The van der Waals surface area contributed by atoms with Gasteiger partial charge in [0.05, 0.1) is 16.5 Å². The second kappa shape index (κ2) is 4.88. The van der Waals surface area contributed by atoms with E-state index < -0.39 is 0 Å². The second-order valence-electron chi connectivity index (χ2n) is 2.52. The molecule has 0 aliphatic rings. The molecule has 0 unspecified atom stereocenters. The van der Waals surface area contributed by atoms with Crippen molar-refractivity contribution in [3.05, 3.63) is 22.2 Å². The van der Waals surface area contributed by atoms with Gasteiger partial charge < -0.3 is 10.5 Å². The Balaban J connectivity index is 3.20. The first-order valence-electron chi connectivity index (χ1n) is 3.83. The van der Waals surface area contributed by atoms with Crippen molar-refractivity contribution in [2.45, 2.75) is 11.4 Å². The lowest BCUT2D eigenvalue weighted by Crippen LogP contribution is -1.98. The molecule has 0 heterocycles. The van der Waals surface area contributed by atoms with E-state index in [-0.39, 0.29) is 0 Å². The first-order chi connectivity index (χ1) is 6.22. The number of halogens is 1. The van der Waals surface area contributed by atoms with E-state index in [0.717, 1.165) is 20.7 Å². The van der Waals surface area contributed by atoms with E-state index >= 15 is 0 Å². The zero-order chi connectivity index (χ0) is 9.84. The molecule has 72 valence electrons. The highest BCUT2D eigenvalue weighted by atomic mass is 79.9. The Morgan fingerprint density at radius 2 is 2.23 bits per heavy atom. The summed E-state index contributed by atoms with van der Waals surface area (Å²) in [6.45, 7) is 0.552. The van der Waals surface area contributed by atoms with Crippen LogP contribution in [0.3, 0.4) is 0 Å². The van der Waals surface area contributed by atoms with Gasteiger partial charge in [-0.1, -0.05) is 0 Å². The molecular formula is C9H12BrNOS. The average molecular weight is 262 g/mol. The maximum atomic E-state index is 5.56. The lowest BCUT2D eigenvalue weighted by molar-refractivity contribution is 0.402. The lowest BCUT2D eigenvalue weighted by Gasteiger charge is -2.10. The third kappa shape index (κ3) is 2.39. The molecule has 13 heavy (non-hydrogen) atoms. The van der Waals surface area contributed by atoms with E-state index in [2.05, 4.69) is 15.9 Å². The molecule has 0 radical (unpaired) electrons. The van der Waals surface area contributed by atoms with Gasteiger partial charge in [-0.15, -0.1) is 11.8 Å². The number of hydrogen-bond acceptors (Lipinski definition) is 3. The van der Waals surface area contributed by atoms with E-state index in [1.165, 1.54) is 0 Å². The Hall–Kier alpha value is -0.190. The molecule has 0 saturated heterocycles. The predicted molar refractivity (Wildman–Crippen MR) is 60.4 cm³/mol. The zero-order valence-electron chi connectivity index (χ0n) is 7.63. The molecule has 0 saturated carbocycles. The van der Waals surface area contributed by atoms with Crippen molar-refractivity contribution in [3.8, 4) is 5.75 Å². The second-order valence-corrected chi connectivity index (χ2v) is 4.22. The first-order valence-corrected chi connectivity index (χ1v) is 5.85. The minimum atomic E-state index is 0.552. The molecule has 2 N–H and O–H groups in total. The van der Waals surface area contributed by atoms with Gasteiger partial charge in [-0.05, 0) is 39.9 Å². The van der Waals surface area contributed by atoms with Crippen LogP contribution in [0.25, 0.3) is 0 Å². The molecule has 0 aliphatic carbocycles. The van der Waals surface area contributed by atoms with Crippen LogP contribution < -0.4 is 10.5 Å². The summed E-state index contributed by atoms with van der Waals surface area (Å²) in [5.41, 5.74) is 6.67. The standard InChI is InChI=1S/C9H12BrNOS/c1-12-9-7(10)3-6(5-11)4-8(9)13-2/h3-4H,5,11H2,1-2H3. The maximum Gasteiger partial charge on any atom is 0.146 e. The minimum Gasteiger partial charge on any atom is -0.494 e. The lowest BCUT2D eigenvalue weighted by atomic mass is 10.2. The Bertz CT molecular complexity index is 304. The van der Waals surface area contributed by atoms with Crippen LogP contribution >= 0.6 is 27.7 Å². The number of benzene rings is 1. The van der Waals surface area contributed by atoms with Crippen LogP contribution in [0.2, 0.25) is 0 Å². The molecule has 4 heteroatoms. The van der Waals surface area contributed by atoms with Crippen molar-refractivity contribution in [2.75, 3.05) is 13.4 Å². The van der Waals surface area contributed by atoms with Gasteiger partial charge in [-0.25, -0.2) is 0 Å². The van der Waals surface area contributed by atoms with E-state index in [4.69, 9.17) is 10.5 Å². The molecule has 1 aromatic rings. The summed E-state index contributed by atoms with van der Waals surface area (Å²) in [7, 11) is 1.67. The number of thioether (sulfide) groups is 1. The van der Waals surface area contributed by atoms with E-state index in [0.29, 0.717) is 6.54 Å². The third-order valence-corrected chi connectivity index (χ3v) is 3.06. The van der Waals surface area contributed by atoms with Gasteiger partial charge in [0.2, 0.25) is 0 Å². The molecular weight excluding hydrogens is 250 g/mol. The van der Waals surface area contributed by atoms with Gasteiger partial charge in [0, 0.05) is 6.54 Å². The minimum absolute atomic E-state index is 0.552. The number of hydrogen-bond donors (Lipinski definition) is 1. The monoisotopic (exact) mass is 261 g/mol. The van der Waals surface area contributed by atoms with Crippen LogP contribution in [-0.2, 0) is 6.54 Å². The van der Waals surface area contributed by atoms with E-state index in [1.807, 2.05) is 18.4 Å². The van der Waals surface area contributed by atoms with Crippen molar-refractivity contribution >= 4 is 27.7 Å². The Labute approximate surface area is 91.0 Å². The summed E-state index contributed by atoms with van der Waals surface area (Å²) in [4.78, 5) is 1.11. The Morgan fingerprint density at radius 3 is 2.69 bits per heavy atom. The molecule has 0 aromatic heterocycles. The highest BCUT2D eigenvalue weighted by Crippen LogP contribution is 2.35. The number of rotatable bonds is 3. The van der Waals surface area contributed by atoms with E-state index in [9.17, 15) is 0 Å². The van der Waals surface area contributed by atoms with Gasteiger partial charge in [0.15, 0.2) is 0 Å². The summed E-state index contributed by atoms with van der Waals surface area (Å²) < 4.78 is 6.22. The van der Waals surface area contributed by atoms with Crippen LogP contribution in [0.15, 0.2) is 21.5 Å². The van der Waals surface area contributed by atoms with Crippen LogP contribution in [0, 0.1) is 0 Å². The highest BCUT2D eigenvalue weighted by molar-refractivity contribution is 9.10. The summed E-state index contributed by atoms with van der Waals surface area (Å²) in [6.07, 6.45) is 2.02. The Kier molecular flexibility index (Phi) is 4.09. The summed E-state index contributed by atoms with van der Waals surface area (Å²) in [5, 5.41) is 0. The van der Waals surface area contributed by atoms with Crippen LogP contribution in [0.4, 0.5) is 0 Å². The van der Waals surface area contributed by atoms with Crippen LogP contribution in [-0.4, -0.2) is 13.4 Å². The molecule has 0 fully saturated rings. The summed E-state index contributed by atoms with van der Waals surface area (Å²) in [5.74, 6) is 0.879. The van der Waals surface area contributed by atoms with Gasteiger partial charge in [0.25, 0.3) is 0 Å². The molecule has 1 aromatic carbocycles. The molecule has 1 rings (SSSR count). The molecule has 0 bridgehead atoms. The molecule has 0 aliphatic heterocycles. The van der Waals surface area contributed by atoms with Crippen molar-refractivity contribution in [2.24, 2.45) is 5.73 Å². The number of nitrogens with two attached hydrogens (primary N) is 1. The van der Waals surface area contributed by atoms with E-state index in [1.54, 1.807) is 18.9 Å². The smallest absolute Gasteiger partial charge is 0.146 e. The number of ether oxygens (including phenoxy) is 1. The van der Waals surface area contributed by atoms with Crippen molar-refractivity contribution in [1.29, 1.82) is 0 Å². The van der Waals surface area contributed by atoms with Gasteiger partial charge >= 0.3 is 0 Å². The molecule has 2 nitrogen and oxygen atoms in total. The first kappa shape index (κ1) is 10.9. The fourth-order valence-electron chi connectivity index (χ4n) is 1.09. The van der Waals surface area contributed by atoms with Crippen molar-refractivity contribution in [3.63, 3.8) is 0 Å². The molecule has 0 atom stereocenters. The Morgan fingerprint density at radius 1 is 1.54 bits per heavy atom. The topological polar surface area (TPSA) is 35.2 Å². The predicted octanol–water partition coefficient (Wildman–Crippen LogP) is 2.64. The summed E-state index contributed by atoms with van der Waals surface area (Å²) >= 11 is 5.10. The fourth-order valence-corrected chi connectivity index (χ4v) is 2.54. The van der Waals surface area contributed by atoms with Gasteiger partial charge in [0.1, 0.15) is 5.75 Å². The van der Waals surface area contributed by atoms with Crippen LogP contribution in [0.5, 0.6) is 5.75 Å². The van der Waals surface area contributed by atoms with Crippen molar-refractivity contribution in [1.82, 2.24) is 0 Å². The normalized spacial score (nSPS) is 10.2. The quantitative estimate of drug-likeness (QED) is 0.850. The van der Waals surface area contributed by atoms with Gasteiger partial charge in [-0.3, -0.25) is 0 Å². The fraction of sp³-hybridized carbons (Fsp3) is 0.333. The maximum absolute atomic E-state index is 5.56. The molecule has 0 spiro atoms. The third-order valence-electron chi connectivity index (χ3n) is 1.73. The summed E-state index contributed by atoms with van der Waals surface area (Å²) in [6, 6.07) is 4.03. The van der Waals surface area contributed by atoms with Crippen molar-refractivity contribution < 1.29 is 4.74 Å². The largest absolute Gasteiger partial charge is 0.494 e. The average Bonchev–Trinajstić information content (AvgIpc) is 2.16. The number of methoxy groups -OCH3 is 1. The van der Waals surface area contributed by atoms with Gasteiger partial charge in [-0.2, -0.15) is 0 Å². The zero-order valence-corrected chi connectivity index (χ0v) is 10.0. The molecule has 0 amide bonds.